The lowest BCUT2D eigenvalue weighted by Gasteiger charge is -2.03. The minimum Gasteiger partial charge on any atom is -0.423 e. The molecule has 17 heavy (non-hydrogen) atoms. The molecule has 0 aliphatic carbocycles. The highest BCUT2D eigenvalue weighted by Gasteiger charge is 2.27. The first kappa shape index (κ1) is 10.5. The van der Waals surface area contributed by atoms with E-state index < -0.39 is 7.12 Å². The quantitative estimate of drug-likeness (QED) is 0.646. The molecule has 2 heterocycles. The van der Waals surface area contributed by atoms with Crippen LogP contribution in [0.2, 0.25) is 0 Å². The van der Waals surface area contributed by atoms with Crippen LogP contribution < -0.4 is 5.46 Å². The van der Waals surface area contributed by atoms with Gasteiger partial charge >= 0.3 is 7.12 Å². The van der Waals surface area contributed by atoms with E-state index in [4.69, 9.17) is 9.76 Å². The van der Waals surface area contributed by atoms with E-state index in [1.54, 1.807) is 10.9 Å². The summed E-state index contributed by atoms with van der Waals surface area (Å²) in [6.45, 7) is 0.284. The lowest BCUT2D eigenvalue weighted by atomic mass is 9.79. The molecule has 2 aromatic rings. The van der Waals surface area contributed by atoms with E-state index in [2.05, 4.69) is 10.3 Å². The number of hydrogen-bond donors (Lipinski definition) is 2. The third-order valence-corrected chi connectivity index (χ3v) is 2.76. The molecule has 3 rings (SSSR count). The number of aliphatic hydroxyl groups excluding tert-OH is 1. The molecule has 6 nitrogen and oxygen atoms in total. The van der Waals surface area contributed by atoms with Crippen molar-refractivity contribution in [3.63, 3.8) is 0 Å². The van der Waals surface area contributed by atoms with Crippen LogP contribution in [0.5, 0.6) is 0 Å². The maximum atomic E-state index is 9.60. The van der Waals surface area contributed by atoms with Gasteiger partial charge in [-0.3, -0.25) is 0 Å². The van der Waals surface area contributed by atoms with Crippen molar-refractivity contribution in [1.82, 2.24) is 15.0 Å². The van der Waals surface area contributed by atoms with E-state index in [1.165, 1.54) is 0 Å². The maximum Gasteiger partial charge on any atom is 0.491 e. The van der Waals surface area contributed by atoms with Gasteiger partial charge in [-0.25, -0.2) is 4.68 Å². The molecule has 0 bridgehead atoms. The topological polar surface area (TPSA) is 80.4 Å². The predicted molar refractivity (Wildman–Crippen MR) is 59.7 cm³/mol. The van der Waals surface area contributed by atoms with E-state index in [9.17, 15) is 5.02 Å². The Labute approximate surface area is 97.6 Å². The standard InChI is InChI=1S/C10H10BN3O3/c15-5-8-4-14(13-12-8)9-2-1-7-6-17-11(16)10(7)3-9/h1-4,15-16H,5-6H2. The molecule has 1 aromatic carbocycles. The average Bonchev–Trinajstić information content (AvgIpc) is 2.96. The number of benzene rings is 1. The summed E-state index contributed by atoms with van der Waals surface area (Å²) in [7, 11) is -0.870. The molecule has 1 aliphatic rings. The van der Waals surface area contributed by atoms with E-state index in [0.717, 1.165) is 16.7 Å². The minimum atomic E-state index is -0.870. The van der Waals surface area contributed by atoms with Crippen LogP contribution in [-0.4, -0.2) is 32.2 Å². The fraction of sp³-hybridized carbons (Fsp3) is 0.200. The van der Waals surface area contributed by atoms with E-state index in [1.807, 2.05) is 18.2 Å². The van der Waals surface area contributed by atoms with E-state index >= 15 is 0 Å². The summed E-state index contributed by atoms with van der Waals surface area (Å²) in [5.74, 6) is 0. The highest BCUT2D eigenvalue weighted by Crippen LogP contribution is 2.13. The van der Waals surface area contributed by atoms with Gasteiger partial charge in [0.1, 0.15) is 5.69 Å². The number of rotatable bonds is 2. The largest absolute Gasteiger partial charge is 0.491 e. The van der Waals surface area contributed by atoms with Crippen molar-refractivity contribution < 1.29 is 14.8 Å². The molecule has 1 aromatic heterocycles. The van der Waals surface area contributed by atoms with Crippen molar-refractivity contribution in [3.05, 3.63) is 35.7 Å². The van der Waals surface area contributed by atoms with Crippen molar-refractivity contribution in [3.8, 4) is 5.69 Å². The third kappa shape index (κ3) is 1.74. The number of aliphatic hydroxyl groups is 1. The van der Waals surface area contributed by atoms with Gasteiger partial charge in [-0.2, -0.15) is 0 Å². The SMILES string of the molecule is OCc1cn(-c2ccc3c(c2)B(O)OC3)nn1. The normalized spacial score (nSPS) is 14.1. The summed E-state index contributed by atoms with van der Waals surface area (Å²) in [6.07, 6.45) is 1.64. The molecule has 0 saturated heterocycles. The minimum absolute atomic E-state index is 0.142. The highest BCUT2D eigenvalue weighted by molar-refractivity contribution is 6.61. The third-order valence-electron chi connectivity index (χ3n) is 2.76. The first-order chi connectivity index (χ1) is 8.28. The summed E-state index contributed by atoms with van der Waals surface area (Å²) < 4.78 is 6.66. The second kappa shape index (κ2) is 3.95. The zero-order valence-corrected chi connectivity index (χ0v) is 8.95. The Hall–Kier alpha value is -1.70. The van der Waals surface area contributed by atoms with Gasteiger partial charge in [0.2, 0.25) is 0 Å². The van der Waals surface area contributed by atoms with Gasteiger partial charge in [0.05, 0.1) is 25.1 Å². The summed E-state index contributed by atoms with van der Waals surface area (Å²) in [5.41, 5.74) is 3.01. The van der Waals surface area contributed by atoms with Crippen LogP contribution in [0.3, 0.4) is 0 Å². The van der Waals surface area contributed by atoms with Gasteiger partial charge in [-0.1, -0.05) is 11.3 Å². The Morgan fingerprint density at radius 3 is 3.12 bits per heavy atom. The van der Waals surface area contributed by atoms with E-state index in [0.29, 0.717) is 12.3 Å². The lowest BCUT2D eigenvalue weighted by Crippen LogP contribution is -2.28. The molecular weight excluding hydrogens is 221 g/mol. The highest BCUT2D eigenvalue weighted by atomic mass is 16.5. The van der Waals surface area contributed by atoms with Gasteiger partial charge in [0.25, 0.3) is 0 Å². The zero-order chi connectivity index (χ0) is 11.8. The van der Waals surface area contributed by atoms with Crippen molar-refractivity contribution in [2.75, 3.05) is 0 Å². The average molecular weight is 231 g/mol. The Morgan fingerprint density at radius 2 is 2.35 bits per heavy atom. The molecule has 0 fully saturated rings. The fourth-order valence-electron chi connectivity index (χ4n) is 1.84. The number of nitrogens with zero attached hydrogens (tertiary/aromatic N) is 3. The zero-order valence-electron chi connectivity index (χ0n) is 8.95. The molecule has 0 saturated carbocycles. The van der Waals surface area contributed by atoms with Crippen LogP contribution in [0, 0.1) is 0 Å². The van der Waals surface area contributed by atoms with Crippen LogP contribution in [0.25, 0.3) is 5.69 Å². The lowest BCUT2D eigenvalue weighted by molar-refractivity contribution is 0.275. The molecule has 7 heteroatoms. The van der Waals surface area contributed by atoms with Crippen LogP contribution in [0.4, 0.5) is 0 Å². The van der Waals surface area contributed by atoms with Crippen molar-refractivity contribution in [2.45, 2.75) is 13.2 Å². The van der Waals surface area contributed by atoms with Gasteiger partial charge in [0, 0.05) is 0 Å². The molecule has 0 radical (unpaired) electrons. The summed E-state index contributed by atoms with van der Waals surface area (Å²) >= 11 is 0. The van der Waals surface area contributed by atoms with Crippen LogP contribution in [-0.2, 0) is 17.9 Å². The molecule has 0 amide bonds. The number of hydrogen-bond acceptors (Lipinski definition) is 5. The molecule has 2 N–H and O–H groups in total. The first-order valence-electron chi connectivity index (χ1n) is 5.23. The molecule has 86 valence electrons. The van der Waals surface area contributed by atoms with Crippen molar-refractivity contribution in [2.24, 2.45) is 0 Å². The number of aromatic nitrogens is 3. The van der Waals surface area contributed by atoms with Crippen LogP contribution >= 0.6 is 0 Å². The van der Waals surface area contributed by atoms with E-state index in [-0.39, 0.29) is 6.61 Å². The fourth-order valence-corrected chi connectivity index (χ4v) is 1.84. The van der Waals surface area contributed by atoms with Crippen molar-refractivity contribution >= 4 is 12.6 Å². The Morgan fingerprint density at radius 1 is 1.47 bits per heavy atom. The molecule has 0 unspecified atom stereocenters. The van der Waals surface area contributed by atoms with Crippen LogP contribution in [0.1, 0.15) is 11.3 Å². The smallest absolute Gasteiger partial charge is 0.423 e. The second-order valence-electron chi connectivity index (χ2n) is 3.86. The molecule has 0 spiro atoms. The molecule has 0 atom stereocenters. The summed E-state index contributed by atoms with van der Waals surface area (Å²) in [6, 6.07) is 5.57. The Bertz CT molecular complexity index is 557. The summed E-state index contributed by atoms with van der Waals surface area (Å²) in [5, 5.41) is 26.2. The van der Waals surface area contributed by atoms with Crippen LogP contribution in [0.15, 0.2) is 24.4 Å². The number of fused-ring (bicyclic) bond motifs is 1. The Kier molecular flexibility index (Phi) is 2.43. The van der Waals surface area contributed by atoms with Gasteiger partial charge < -0.3 is 14.8 Å². The van der Waals surface area contributed by atoms with Gasteiger partial charge in [-0.05, 0) is 23.2 Å². The molecule has 1 aliphatic heterocycles. The monoisotopic (exact) mass is 231 g/mol. The first-order valence-corrected chi connectivity index (χ1v) is 5.23. The summed E-state index contributed by atoms with van der Waals surface area (Å²) in [4.78, 5) is 0. The van der Waals surface area contributed by atoms with Crippen molar-refractivity contribution in [1.29, 1.82) is 0 Å². The molecular formula is C10H10BN3O3. The Balaban J connectivity index is 2.01. The predicted octanol–water partition coefficient (Wildman–Crippen LogP) is -1.02. The maximum absolute atomic E-state index is 9.60. The second-order valence-corrected chi connectivity index (χ2v) is 3.86. The van der Waals surface area contributed by atoms with Gasteiger partial charge in [0.15, 0.2) is 0 Å². The van der Waals surface area contributed by atoms with Gasteiger partial charge in [-0.15, -0.1) is 5.10 Å².